The van der Waals surface area contributed by atoms with E-state index >= 15 is 0 Å². The molecule has 0 unspecified atom stereocenters. The Morgan fingerprint density at radius 1 is 1.00 bits per heavy atom. The number of fused-ring (bicyclic) bond motifs is 2. The number of carboxylic acid groups (broad SMARTS) is 1. The van der Waals surface area contributed by atoms with Crippen LogP contribution in [-0.4, -0.2) is 91.4 Å². The van der Waals surface area contributed by atoms with E-state index in [2.05, 4.69) is 62.1 Å². The van der Waals surface area contributed by atoms with Crippen molar-refractivity contribution in [2.24, 2.45) is 10.9 Å². The van der Waals surface area contributed by atoms with E-state index in [9.17, 15) is 20.3 Å². The van der Waals surface area contributed by atoms with Crippen LogP contribution in [-0.2, 0) is 17.9 Å². The molecule has 2 saturated heterocycles. The summed E-state index contributed by atoms with van der Waals surface area (Å²) in [6.07, 6.45) is 6.36. The molecule has 280 valence electrons. The highest BCUT2D eigenvalue weighted by Gasteiger charge is 2.28. The fourth-order valence-electron chi connectivity index (χ4n) is 8.07. The third-order valence-electron chi connectivity index (χ3n) is 11.0. The van der Waals surface area contributed by atoms with Crippen molar-refractivity contribution in [2.75, 3.05) is 45.1 Å². The predicted molar refractivity (Wildman–Crippen MR) is 209 cm³/mol. The number of hydrogen-bond acceptors (Lipinski definition) is 11. The van der Waals surface area contributed by atoms with Crippen LogP contribution in [0.15, 0.2) is 76.7 Å². The van der Waals surface area contributed by atoms with Crippen molar-refractivity contribution in [1.29, 1.82) is 5.26 Å². The molecule has 6 aromatic rings. The van der Waals surface area contributed by atoms with E-state index in [4.69, 9.17) is 9.40 Å². The van der Waals surface area contributed by atoms with E-state index in [0.29, 0.717) is 72.9 Å². The molecule has 0 amide bonds. The maximum absolute atomic E-state index is 11.5. The summed E-state index contributed by atoms with van der Waals surface area (Å²) in [5, 5.41) is 33.8. The second-order valence-corrected chi connectivity index (χ2v) is 14.6. The summed E-state index contributed by atoms with van der Waals surface area (Å²) in [7, 11) is 1.73. The van der Waals surface area contributed by atoms with Gasteiger partial charge in [-0.1, -0.05) is 30.3 Å². The normalized spacial score (nSPS) is 18.1. The molecule has 3 N–H and O–H groups in total. The van der Waals surface area contributed by atoms with Gasteiger partial charge >= 0.3 is 5.97 Å². The molecule has 2 atom stereocenters. The number of aliphatic hydroxyl groups is 1. The van der Waals surface area contributed by atoms with E-state index in [-0.39, 0.29) is 12.0 Å². The Labute approximate surface area is 318 Å². The SMILES string of the molecule is C/N=c1/c2cc(-c3cccc(-c4cccc(Nc5ncnc6cc(CN7CC[C@@H](O)C7)cnc56)c4C)c3C)oc2c(C#N)cn1CCN1CC[C@H](C(=O)O)C1. The van der Waals surface area contributed by atoms with Crippen LogP contribution in [0.2, 0.25) is 0 Å². The van der Waals surface area contributed by atoms with Crippen LogP contribution in [0.1, 0.15) is 35.1 Å². The first-order valence-electron chi connectivity index (χ1n) is 18.6. The number of carbonyl (C=O) groups is 1. The lowest BCUT2D eigenvalue weighted by Crippen LogP contribution is -2.31. The van der Waals surface area contributed by atoms with Crippen LogP contribution in [0, 0.1) is 31.1 Å². The lowest BCUT2D eigenvalue weighted by Gasteiger charge is -2.17. The first kappa shape index (κ1) is 36.1. The molecule has 0 saturated carbocycles. The molecular formula is C42H43N9O4. The average Bonchev–Trinajstić information content (AvgIpc) is 3.95. The summed E-state index contributed by atoms with van der Waals surface area (Å²) in [5.74, 6) is 0.163. The Hall–Kier alpha value is -5.94. The van der Waals surface area contributed by atoms with Crippen molar-refractivity contribution < 1.29 is 19.4 Å². The van der Waals surface area contributed by atoms with Crippen LogP contribution in [0.3, 0.4) is 0 Å². The quantitative estimate of drug-likeness (QED) is 0.159. The number of rotatable bonds is 10. The number of nitrogens with one attached hydrogen (secondary N) is 1. The summed E-state index contributed by atoms with van der Waals surface area (Å²) in [4.78, 5) is 34.3. The van der Waals surface area contributed by atoms with Gasteiger partial charge in [0.05, 0.1) is 22.9 Å². The minimum atomic E-state index is -0.753. The Balaban J connectivity index is 1.08. The number of anilines is 2. The lowest BCUT2D eigenvalue weighted by molar-refractivity contribution is -0.141. The minimum Gasteiger partial charge on any atom is -0.481 e. The Morgan fingerprint density at radius 3 is 2.53 bits per heavy atom. The molecule has 13 heteroatoms. The van der Waals surface area contributed by atoms with Crippen molar-refractivity contribution in [1.82, 2.24) is 29.3 Å². The molecule has 6 heterocycles. The van der Waals surface area contributed by atoms with E-state index < -0.39 is 5.97 Å². The smallest absolute Gasteiger partial charge is 0.307 e. The number of aliphatic hydroxyl groups excluding tert-OH is 1. The second kappa shape index (κ2) is 15.1. The molecule has 4 aromatic heterocycles. The molecule has 2 fully saturated rings. The molecule has 2 aromatic carbocycles. The lowest BCUT2D eigenvalue weighted by atomic mass is 9.92. The fraction of sp³-hybridized carbons (Fsp3) is 0.333. The number of hydrogen-bond donors (Lipinski definition) is 3. The second-order valence-electron chi connectivity index (χ2n) is 14.6. The van der Waals surface area contributed by atoms with Crippen molar-refractivity contribution in [2.45, 2.75) is 45.9 Å². The molecule has 13 nitrogen and oxygen atoms in total. The van der Waals surface area contributed by atoms with Gasteiger partial charge in [-0.3, -0.25) is 19.7 Å². The van der Waals surface area contributed by atoms with Gasteiger partial charge in [-0.05, 0) is 79.3 Å². The minimum absolute atomic E-state index is 0.271. The molecular weight excluding hydrogens is 695 g/mol. The Morgan fingerprint density at radius 2 is 1.78 bits per heavy atom. The number of nitrogens with zero attached hydrogens (tertiary/aromatic N) is 8. The topological polar surface area (TPSA) is 169 Å². The van der Waals surface area contributed by atoms with Gasteiger partial charge in [-0.25, -0.2) is 9.97 Å². The highest BCUT2D eigenvalue weighted by atomic mass is 16.4. The number of carboxylic acids is 1. The van der Waals surface area contributed by atoms with Gasteiger partial charge in [0.1, 0.15) is 34.7 Å². The summed E-state index contributed by atoms with van der Waals surface area (Å²) in [6.45, 7) is 8.89. The maximum Gasteiger partial charge on any atom is 0.307 e. The van der Waals surface area contributed by atoms with E-state index in [1.165, 1.54) is 0 Å². The number of aromatic nitrogens is 4. The summed E-state index contributed by atoms with van der Waals surface area (Å²) in [6, 6.07) is 18.6. The average molecular weight is 738 g/mol. The van der Waals surface area contributed by atoms with Crippen LogP contribution < -0.4 is 10.8 Å². The first-order chi connectivity index (χ1) is 26.7. The van der Waals surface area contributed by atoms with Gasteiger partial charge in [-0.15, -0.1) is 0 Å². The summed E-state index contributed by atoms with van der Waals surface area (Å²) < 4.78 is 8.44. The molecule has 0 radical (unpaired) electrons. The van der Waals surface area contributed by atoms with Crippen LogP contribution in [0.25, 0.3) is 44.5 Å². The number of furan rings is 1. The van der Waals surface area contributed by atoms with Crippen molar-refractivity contribution in [3.05, 3.63) is 95.0 Å². The van der Waals surface area contributed by atoms with E-state index in [0.717, 1.165) is 69.5 Å². The number of benzene rings is 2. The largest absolute Gasteiger partial charge is 0.481 e. The standard InChI is InChI=1S/C42H43N9O4/c1-25-31(32-7-5-9-35(26(32)2)48-40-38-36(46-24-47-40)16-27(19-45-38)20-50-13-11-30(52)23-50)6-4-8-33(25)37-17-34-39(55-37)29(18-43)22-51(41(34)44-3)15-14-49-12-10-28(21-49)42(53)54/h4-9,16-17,19,22,24,28,30,52H,10-15,20-21,23H2,1-3H3,(H,53,54)(H,46,47,48)/b44-41-/t28-,30+/m0/s1. The number of aliphatic carboxylic acids is 1. The zero-order valence-electron chi connectivity index (χ0n) is 31.2. The van der Waals surface area contributed by atoms with Gasteiger partial charge in [0.25, 0.3) is 0 Å². The van der Waals surface area contributed by atoms with E-state index in [1.54, 1.807) is 19.6 Å². The van der Waals surface area contributed by atoms with Crippen molar-refractivity contribution >= 4 is 39.5 Å². The maximum atomic E-state index is 11.5. The van der Waals surface area contributed by atoms with Gasteiger partial charge in [0.15, 0.2) is 11.4 Å². The number of likely N-dealkylation sites (tertiary alicyclic amines) is 2. The predicted octanol–water partition coefficient (Wildman–Crippen LogP) is 5.64. The first-order valence-corrected chi connectivity index (χ1v) is 18.6. The van der Waals surface area contributed by atoms with Crippen LogP contribution in [0.4, 0.5) is 11.5 Å². The third kappa shape index (κ3) is 7.07. The molecule has 2 aliphatic rings. The highest BCUT2D eigenvalue weighted by Crippen LogP contribution is 2.38. The number of β-amino-alcohol motifs (C(OH)–C–C–N with tert-alkyl or cyclic N) is 1. The Bertz CT molecular complexity index is 2550. The molecule has 0 spiro atoms. The van der Waals surface area contributed by atoms with Crippen LogP contribution >= 0.6 is 0 Å². The molecule has 2 aliphatic heterocycles. The highest BCUT2D eigenvalue weighted by molar-refractivity contribution is 5.90. The molecule has 8 rings (SSSR count). The Kier molecular flexibility index (Phi) is 9.87. The molecule has 0 aliphatic carbocycles. The van der Waals surface area contributed by atoms with Crippen LogP contribution in [0.5, 0.6) is 0 Å². The zero-order valence-corrected chi connectivity index (χ0v) is 31.2. The van der Waals surface area contributed by atoms with E-state index in [1.807, 2.05) is 47.2 Å². The van der Waals surface area contributed by atoms with Crippen molar-refractivity contribution in [3.63, 3.8) is 0 Å². The summed E-state index contributed by atoms with van der Waals surface area (Å²) in [5.41, 5.74) is 10.0. The monoisotopic (exact) mass is 737 g/mol. The van der Waals surface area contributed by atoms with Gasteiger partial charge in [0, 0.05) is 70.0 Å². The third-order valence-corrected chi connectivity index (χ3v) is 11.0. The number of pyridine rings is 2. The summed E-state index contributed by atoms with van der Waals surface area (Å²) >= 11 is 0. The number of nitriles is 1. The molecule has 0 bridgehead atoms. The molecule has 55 heavy (non-hydrogen) atoms. The van der Waals surface area contributed by atoms with Gasteiger partial charge in [-0.2, -0.15) is 5.26 Å². The van der Waals surface area contributed by atoms with Gasteiger partial charge in [0.2, 0.25) is 0 Å². The zero-order chi connectivity index (χ0) is 38.2. The van der Waals surface area contributed by atoms with Crippen molar-refractivity contribution in [3.8, 4) is 28.5 Å². The van der Waals surface area contributed by atoms with Gasteiger partial charge < -0.3 is 29.4 Å². The fourth-order valence-corrected chi connectivity index (χ4v) is 8.07.